The van der Waals surface area contributed by atoms with Gasteiger partial charge in [0, 0.05) is 0 Å². The number of ether oxygens (including phenoxy) is 2. The summed E-state index contributed by atoms with van der Waals surface area (Å²) >= 11 is 0. The topological polar surface area (TPSA) is 35.5 Å². The summed E-state index contributed by atoms with van der Waals surface area (Å²) in [6, 6.07) is 0. The Balaban J connectivity index is 3.86. The van der Waals surface area contributed by atoms with Crippen molar-refractivity contribution in [3.05, 3.63) is 11.3 Å². The molecule has 0 aliphatic carbocycles. The first-order chi connectivity index (χ1) is 5.07. The highest BCUT2D eigenvalue weighted by Crippen LogP contribution is 2.04. The SMILES string of the molecule is CCOC(=O)OC(C)=C(C)C. The van der Waals surface area contributed by atoms with Crippen molar-refractivity contribution in [3.8, 4) is 0 Å². The summed E-state index contributed by atoms with van der Waals surface area (Å²) in [5.74, 6) is 0.600. The molecule has 0 aromatic heterocycles. The fourth-order valence-electron chi connectivity index (χ4n) is 0.374. The number of hydrogen-bond acceptors (Lipinski definition) is 3. The molecule has 0 aliphatic heterocycles. The molecule has 11 heavy (non-hydrogen) atoms. The van der Waals surface area contributed by atoms with Gasteiger partial charge in [-0.3, -0.25) is 0 Å². The largest absolute Gasteiger partial charge is 0.513 e. The third kappa shape index (κ3) is 4.42. The van der Waals surface area contributed by atoms with Gasteiger partial charge < -0.3 is 9.47 Å². The van der Waals surface area contributed by atoms with E-state index in [2.05, 4.69) is 4.74 Å². The highest BCUT2D eigenvalue weighted by Gasteiger charge is 2.03. The van der Waals surface area contributed by atoms with Crippen LogP contribution in [0.5, 0.6) is 0 Å². The summed E-state index contributed by atoms with van der Waals surface area (Å²) in [6.07, 6.45) is -0.633. The molecular formula is C8H14O3. The summed E-state index contributed by atoms with van der Waals surface area (Å²) in [5.41, 5.74) is 0.970. The molecule has 0 saturated heterocycles. The molecule has 0 atom stereocenters. The average Bonchev–Trinajstić information content (AvgIpc) is 1.87. The monoisotopic (exact) mass is 158 g/mol. The van der Waals surface area contributed by atoms with E-state index in [1.807, 2.05) is 13.8 Å². The molecule has 0 radical (unpaired) electrons. The van der Waals surface area contributed by atoms with Gasteiger partial charge in [-0.1, -0.05) is 0 Å². The van der Waals surface area contributed by atoms with E-state index in [0.29, 0.717) is 12.4 Å². The van der Waals surface area contributed by atoms with E-state index in [0.717, 1.165) is 5.57 Å². The van der Waals surface area contributed by atoms with E-state index in [-0.39, 0.29) is 0 Å². The number of rotatable bonds is 2. The first kappa shape index (κ1) is 10.0. The van der Waals surface area contributed by atoms with E-state index >= 15 is 0 Å². The molecule has 0 N–H and O–H groups in total. The predicted molar refractivity (Wildman–Crippen MR) is 42.2 cm³/mol. The zero-order valence-corrected chi connectivity index (χ0v) is 7.43. The number of carbonyl (C=O) groups is 1. The molecular weight excluding hydrogens is 144 g/mol. The molecule has 0 aliphatic rings. The van der Waals surface area contributed by atoms with Crippen molar-refractivity contribution in [1.82, 2.24) is 0 Å². The van der Waals surface area contributed by atoms with Crippen LogP contribution in [-0.4, -0.2) is 12.8 Å². The molecule has 0 aromatic carbocycles. The van der Waals surface area contributed by atoms with Crippen LogP contribution in [0.3, 0.4) is 0 Å². The van der Waals surface area contributed by atoms with Gasteiger partial charge >= 0.3 is 6.16 Å². The maximum absolute atomic E-state index is 10.7. The Morgan fingerprint density at radius 3 is 2.18 bits per heavy atom. The first-order valence-corrected chi connectivity index (χ1v) is 3.56. The molecule has 3 nitrogen and oxygen atoms in total. The second-order valence-electron chi connectivity index (χ2n) is 2.34. The van der Waals surface area contributed by atoms with Gasteiger partial charge in [-0.15, -0.1) is 0 Å². The molecule has 0 spiro atoms. The van der Waals surface area contributed by atoms with Gasteiger partial charge in [0.25, 0.3) is 0 Å². The lowest BCUT2D eigenvalue weighted by Gasteiger charge is -2.04. The van der Waals surface area contributed by atoms with Gasteiger partial charge in [-0.2, -0.15) is 0 Å². The summed E-state index contributed by atoms with van der Waals surface area (Å²) in [5, 5.41) is 0. The van der Waals surface area contributed by atoms with Gasteiger partial charge in [-0.05, 0) is 33.3 Å². The Morgan fingerprint density at radius 2 is 1.82 bits per heavy atom. The Labute approximate surface area is 67.0 Å². The van der Waals surface area contributed by atoms with Gasteiger partial charge in [0.15, 0.2) is 0 Å². The lowest BCUT2D eigenvalue weighted by atomic mass is 10.3. The highest BCUT2D eigenvalue weighted by atomic mass is 16.7. The Hall–Kier alpha value is -0.990. The van der Waals surface area contributed by atoms with Crippen molar-refractivity contribution in [2.45, 2.75) is 27.7 Å². The highest BCUT2D eigenvalue weighted by molar-refractivity contribution is 5.61. The summed E-state index contributed by atoms with van der Waals surface area (Å²) in [6.45, 7) is 7.54. The van der Waals surface area contributed by atoms with Crippen LogP contribution in [0.25, 0.3) is 0 Å². The van der Waals surface area contributed by atoms with Gasteiger partial charge in [-0.25, -0.2) is 4.79 Å². The average molecular weight is 158 g/mol. The van der Waals surface area contributed by atoms with Crippen LogP contribution >= 0.6 is 0 Å². The lowest BCUT2D eigenvalue weighted by Crippen LogP contribution is -2.05. The van der Waals surface area contributed by atoms with Crippen molar-refractivity contribution < 1.29 is 14.3 Å². The van der Waals surface area contributed by atoms with Crippen LogP contribution in [0, 0.1) is 0 Å². The minimum atomic E-state index is -0.633. The molecule has 3 heteroatoms. The smallest absolute Gasteiger partial charge is 0.434 e. The first-order valence-electron chi connectivity index (χ1n) is 3.56. The Kier molecular flexibility index (Phi) is 4.34. The van der Waals surface area contributed by atoms with Crippen molar-refractivity contribution in [2.24, 2.45) is 0 Å². The second kappa shape index (κ2) is 4.77. The molecule has 0 unspecified atom stereocenters. The molecule has 0 rings (SSSR count). The Bertz CT molecular complexity index is 166. The van der Waals surface area contributed by atoms with Crippen molar-refractivity contribution in [3.63, 3.8) is 0 Å². The zero-order chi connectivity index (χ0) is 8.85. The molecule has 0 saturated carbocycles. The second-order valence-corrected chi connectivity index (χ2v) is 2.34. The molecule has 64 valence electrons. The standard InChI is InChI=1S/C8H14O3/c1-5-10-8(9)11-7(4)6(2)3/h5H2,1-4H3. The van der Waals surface area contributed by atoms with E-state index in [9.17, 15) is 4.79 Å². The molecule has 0 fully saturated rings. The van der Waals surface area contributed by atoms with Crippen LogP contribution in [0.2, 0.25) is 0 Å². The maximum Gasteiger partial charge on any atom is 0.513 e. The van der Waals surface area contributed by atoms with Crippen LogP contribution in [0.4, 0.5) is 4.79 Å². The Morgan fingerprint density at radius 1 is 1.27 bits per heavy atom. The van der Waals surface area contributed by atoms with E-state index in [1.165, 1.54) is 0 Å². The lowest BCUT2D eigenvalue weighted by molar-refractivity contribution is 0.0812. The maximum atomic E-state index is 10.7. The minimum Gasteiger partial charge on any atom is -0.434 e. The normalized spacial score (nSPS) is 8.73. The number of allylic oxidation sites excluding steroid dienone is 2. The van der Waals surface area contributed by atoms with Crippen molar-refractivity contribution >= 4 is 6.16 Å². The summed E-state index contributed by atoms with van der Waals surface area (Å²) in [7, 11) is 0. The zero-order valence-electron chi connectivity index (χ0n) is 7.43. The molecule has 0 bridgehead atoms. The molecule has 0 aromatic rings. The molecule has 0 amide bonds. The van der Waals surface area contributed by atoms with E-state index in [1.54, 1.807) is 13.8 Å². The number of carbonyl (C=O) groups excluding carboxylic acids is 1. The third-order valence-corrected chi connectivity index (χ3v) is 1.20. The fraction of sp³-hybridized carbons (Fsp3) is 0.625. The van der Waals surface area contributed by atoms with Crippen molar-refractivity contribution in [2.75, 3.05) is 6.61 Å². The van der Waals surface area contributed by atoms with Gasteiger partial charge in [0.2, 0.25) is 0 Å². The summed E-state index contributed by atoms with van der Waals surface area (Å²) < 4.78 is 9.34. The van der Waals surface area contributed by atoms with Gasteiger partial charge in [0.1, 0.15) is 5.76 Å². The number of hydrogen-bond donors (Lipinski definition) is 0. The van der Waals surface area contributed by atoms with E-state index in [4.69, 9.17) is 4.74 Å². The minimum absolute atomic E-state index is 0.342. The van der Waals surface area contributed by atoms with Gasteiger partial charge in [0.05, 0.1) is 6.61 Å². The van der Waals surface area contributed by atoms with Crippen LogP contribution in [0.15, 0.2) is 11.3 Å². The fourth-order valence-corrected chi connectivity index (χ4v) is 0.374. The van der Waals surface area contributed by atoms with E-state index < -0.39 is 6.16 Å². The quantitative estimate of drug-likeness (QED) is 0.457. The predicted octanol–water partition coefficient (Wildman–Crippen LogP) is 2.47. The third-order valence-electron chi connectivity index (χ3n) is 1.20. The molecule has 0 heterocycles. The van der Waals surface area contributed by atoms with Crippen LogP contribution in [-0.2, 0) is 9.47 Å². The van der Waals surface area contributed by atoms with Crippen molar-refractivity contribution in [1.29, 1.82) is 0 Å². The van der Waals surface area contributed by atoms with Crippen LogP contribution < -0.4 is 0 Å². The van der Waals surface area contributed by atoms with Crippen LogP contribution in [0.1, 0.15) is 27.7 Å². The summed E-state index contributed by atoms with van der Waals surface area (Å²) in [4.78, 5) is 10.7.